The summed E-state index contributed by atoms with van der Waals surface area (Å²) in [5.41, 5.74) is 4.04. The Morgan fingerprint density at radius 3 is 2.82 bits per heavy atom. The molecule has 22 heavy (non-hydrogen) atoms. The van der Waals surface area contributed by atoms with Crippen LogP contribution < -0.4 is 10.6 Å². The summed E-state index contributed by atoms with van der Waals surface area (Å²) in [6, 6.07) is 9.94. The van der Waals surface area contributed by atoms with Gasteiger partial charge >= 0.3 is 0 Å². The third-order valence-electron chi connectivity index (χ3n) is 4.84. The standard InChI is InChI=1S/C19H29N3/c1-15(2)14-22-12-9-16(10-13-22)21-19-8-5-11-20-18-7-4-3-6-17(18)19/h3-4,6-7,16,19-21H,1,5,8-14H2,2H3/t19-/m0/s1. The molecule has 3 rings (SSSR count). The Hall–Kier alpha value is -1.32. The molecule has 1 fully saturated rings. The summed E-state index contributed by atoms with van der Waals surface area (Å²) in [5.74, 6) is 0. The number of piperidine rings is 1. The molecule has 0 aliphatic carbocycles. The lowest BCUT2D eigenvalue weighted by Crippen LogP contribution is -2.44. The van der Waals surface area contributed by atoms with Crippen LogP contribution in [0.1, 0.15) is 44.2 Å². The predicted octanol–water partition coefficient (Wildman–Crippen LogP) is 3.56. The van der Waals surface area contributed by atoms with Crippen molar-refractivity contribution in [2.45, 2.75) is 44.7 Å². The van der Waals surface area contributed by atoms with Crippen molar-refractivity contribution in [2.75, 3.05) is 31.5 Å². The Morgan fingerprint density at radius 1 is 1.27 bits per heavy atom. The molecule has 3 nitrogen and oxygen atoms in total. The van der Waals surface area contributed by atoms with E-state index in [2.05, 4.69) is 53.3 Å². The van der Waals surface area contributed by atoms with Crippen LogP contribution in [-0.4, -0.2) is 37.1 Å². The lowest BCUT2D eigenvalue weighted by Gasteiger charge is -2.34. The highest BCUT2D eigenvalue weighted by molar-refractivity contribution is 5.53. The minimum Gasteiger partial charge on any atom is -0.385 e. The summed E-state index contributed by atoms with van der Waals surface area (Å²) >= 11 is 0. The van der Waals surface area contributed by atoms with Gasteiger partial charge in [0.05, 0.1) is 0 Å². The average molecular weight is 299 g/mol. The smallest absolute Gasteiger partial charge is 0.0388 e. The molecule has 1 atom stereocenters. The largest absolute Gasteiger partial charge is 0.385 e. The maximum Gasteiger partial charge on any atom is 0.0388 e. The number of fused-ring (bicyclic) bond motifs is 1. The first-order valence-electron chi connectivity index (χ1n) is 8.68. The van der Waals surface area contributed by atoms with Gasteiger partial charge < -0.3 is 10.6 Å². The zero-order valence-corrected chi connectivity index (χ0v) is 13.8. The van der Waals surface area contributed by atoms with E-state index in [1.807, 2.05) is 0 Å². The maximum absolute atomic E-state index is 4.03. The van der Waals surface area contributed by atoms with Crippen molar-refractivity contribution in [3.8, 4) is 0 Å². The molecule has 0 aromatic heterocycles. The SMILES string of the molecule is C=C(C)CN1CCC(N[C@H]2CCCNc3ccccc32)CC1. The lowest BCUT2D eigenvalue weighted by atomic mass is 9.97. The van der Waals surface area contributed by atoms with Gasteiger partial charge in [-0.15, -0.1) is 0 Å². The van der Waals surface area contributed by atoms with Crippen molar-refractivity contribution >= 4 is 5.69 Å². The Kier molecular flexibility index (Phi) is 5.16. The molecule has 1 saturated heterocycles. The second kappa shape index (κ2) is 7.30. The summed E-state index contributed by atoms with van der Waals surface area (Å²) in [6.45, 7) is 10.7. The second-order valence-electron chi connectivity index (χ2n) is 6.88. The molecule has 0 spiro atoms. The minimum absolute atomic E-state index is 0.504. The van der Waals surface area contributed by atoms with Crippen molar-refractivity contribution in [1.29, 1.82) is 0 Å². The average Bonchev–Trinajstić information content (AvgIpc) is 2.71. The molecule has 2 aliphatic rings. The highest BCUT2D eigenvalue weighted by Gasteiger charge is 2.24. The molecule has 0 unspecified atom stereocenters. The molecule has 1 aromatic rings. The number of benzene rings is 1. The third kappa shape index (κ3) is 3.90. The van der Waals surface area contributed by atoms with Crippen LogP contribution in [0.5, 0.6) is 0 Å². The minimum atomic E-state index is 0.504. The van der Waals surface area contributed by atoms with Gasteiger partial charge in [0.2, 0.25) is 0 Å². The van der Waals surface area contributed by atoms with Crippen LogP contribution in [0.4, 0.5) is 5.69 Å². The van der Waals surface area contributed by atoms with Crippen molar-refractivity contribution in [2.24, 2.45) is 0 Å². The first kappa shape index (κ1) is 15.6. The second-order valence-corrected chi connectivity index (χ2v) is 6.88. The van der Waals surface area contributed by atoms with Crippen LogP contribution in [0.25, 0.3) is 0 Å². The summed E-state index contributed by atoms with van der Waals surface area (Å²) in [7, 11) is 0. The highest BCUT2D eigenvalue weighted by Crippen LogP contribution is 2.30. The van der Waals surface area contributed by atoms with Gasteiger partial charge in [-0.3, -0.25) is 4.90 Å². The molecule has 3 heteroatoms. The molecule has 2 heterocycles. The monoisotopic (exact) mass is 299 g/mol. The Morgan fingerprint density at radius 2 is 2.05 bits per heavy atom. The maximum atomic E-state index is 4.03. The predicted molar refractivity (Wildman–Crippen MR) is 94.3 cm³/mol. The van der Waals surface area contributed by atoms with Gasteiger partial charge in [0, 0.05) is 30.9 Å². The van der Waals surface area contributed by atoms with Crippen molar-refractivity contribution in [3.63, 3.8) is 0 Å². The number of rotatable bonds is 4. The molecule has 0 radical (unpaired) electrons. The van der Waals surface area contributed by atoms with Crippen molar-refractivity contribution < 1.29 is 0 Å². The van der Waals surface area contributed by atoms with Gasteiger partial charge in [-0.2, -0.15) is 0 Å². The number of hydrogen-bond acceptors (Lipinski definition) is 3. The Bertz CT molecular complexity index is 503. The van der Waals surface area contributed by atoms with E-state index in [-0.39, 0.29) is 0 Å². The quantitative estimate of drug-likeness (QED) is 0.832. The van der Waals surface area contributed by atoms with Gasteiger partial charge in [0.25, 0.3) is 0 Å². The molecular formula is C19H29N3. The summed E-state index contributed by atoms with van der Waals surface area (Å²) < 4.78 is 0. The number of para-hydroxylation sites is 1. The van der Waals surface area contributed by atoms with Crippen LogP contribution in [0.2, 0.25) is 0 Å². The fourth-order valence-corrected chi connectivity index (χ4v) is 3.74. The summed E-state index contributed by atoms with van der Waals surface area (Å²) in [5, 5.41) is 7.50. The van der Waals surface area contributed by atoms with Gasteiger partial charge in [-0.05, 0) is 57.3 Å². The zero-order valence-electron chi connectivity index (χ0n) is 13.8. The van der Waals surface area contributed by atoms with E-state index in [0.717, 1.165) is 13.1 Å². The van der Waals surface area contributed by atoms with E-state index < -0.39 is 0 Å². The van der Waals surface area contributed by atoms with Gasteiger partial charge in [-0.1, -0.05) is 30.4 Å². The molecule has 0 bridgehead atoms. The van der Waals surface area contributed by atoms with Gasteiger partial charge in [0.1, 0.15) is 0 Å². The zero-order chi connectivity index (χ0) is 15.4. The normalized spacial score (nSPS) is 23.4. The van der Waals surface area contributed by atoms with Crippen LogP contribution >= 0.6 is 0 Å². The van der Waals surface area contributed by atoms with E-state index >= 15 is 0 Å². The molecule has 0 saturated carbocycles. The van der Waals surface area contributed by atoms with Crippen molar-refractivity contribution in [3.05, 3.63) is 42.0 Å². The first-order chi connectivity index (χ1) is 10.7. The molecule has 120 valence electrons. The van der Waals surface area contributed by atoms with Crippen LogP contribution in [0.15, 0.2) is 36.4 Å². The molecular weight excluding hydrogens is 270 g/mol. The first-order valence-corrected chi connectivity index (χ1v) is 8.68. The number of anilines is 1. The van der Waals surface area contributed by atoms with Gasteiger partial charge in [-0.25, -0.2) is 0 Å². The van der Waals surface area contributed by atoms with Crippen LogP contribution in [0, 0.1) is 0 Å². The topological polar surface area (TPSA) is 27.3 Å². The van der Waals surface area contributed by atoms with Crippen LogP contribution in [-0.2, 0) is 0 Å². The highest BCUT2D eigenvalue weighted by atomic mass is 15.1. The molecule has 0 amide bonds. The van der Waals surface area contributed by atoms with Crippen molar-refractivity contribution in [1.82, 2.24) is 10.2 Å². The number of nitrogens with one attached hydrogen (secondary N) is 2. The van der Waals surface area contributed by atoms with Gasteiger partial charge in [0.15, 0.2) is 0 Å². The number of hydrogen-bond donors (Lipinski definition) is 2. The third-order valence-corrected chi connectivity index (χ3v) is 4.84. The van der Waals surface area contributed by atoms with E-state index in [1.165, 1.54) is 55.6 Å². The molecule has 2 N–H and O–H groups in total. The van der Waals surface area contributed by atoms with E-state index in [9.17, 15) is 0 Å². The Labute approximate surface area is 134 Å². The summed E-state index contributed by atoms with van der Waals surface area (Å²) in [6.07, 6.45) is 4.97. The summed E-state index contributed by atoms with van der Waals surface area (Å²) in [4.78, 5) is 2.53. The van der Waals surface area contributed by atoms with Crippen LogP contribution in [0.3, 0.4) is 0 Å². The van der Waals surface area contributed by atoms with E-state index in [0.29, 0.717) is 12.1 Å². The fraction of sp³-hybridized carbons (Fsp3) is 0.579. The van der Waals surface area contributed by atoms with E-state index in [4.69, 9.17) is 0 Å². The Balaban J connectivity index is 1.59. The number of likely N-dealkylation sites (tertiary alicyclic amines) is 1. The molecule has 1 aromatic carbocycles. The number of nitrogens with zero attached hydrogens (tertiary/aromatic N) is 1. The lowest BCUT2D eigenvalue weighted by molar-refractivity contribution is 0.202. The molecule has 2 aliphatic heterocycles. The van der Waals surface area contributed by atoms with E-state index in [1.54, 1.807) is 0 Å². The fourth-order valence-electron chi connectivity index (χ4n) is 3.74.